The maximum Gasteiger partial charge on any atom is 0.413 e. The summed E-state index contributed by atoms with van der Waals surface area (Å²) >= 11 is 0. The van der Waals surface area contributed by atoms with Crippen LogP contribution in [0.2, 0.25) is 0 Å². The van der Waals surface area contributed by atoms with Gasteiger partial charge in [-0.2, -0.15) is 4.98 Å². The van der Waals surface area contributed by atoms with Gasteiger partial charge in [0.15, 0.2) is 5.65 Å². The van der Waals surface area contributed by atoms with Crippen LogP contribution in [0.5, 0.6) is 0 Å². The molecule has 2 N–H and O–H groups in total. The number of rotatable bonds is 2. The molecule has 0 aliphatic carbocycles. The molecule has 2 heterocycles. The van der Waals surface area contributed by atoms with Gasteiger partial charge in [0.05, 0.1) is 12.1 Å². The third kappa shape index (κ3) is 2.04. The van der Waals surface area contributed by atoms with Gasteiger partial charge in [-0.3, -0.25) is 5.32 Å². The van der Waals surface area contributed by atoms with E-state index in [1.165, 1.54) is 0 Å². The lowest BCUT2D eigenvalue weighted by atomic mass is 10.4. The molecule has 0 aliphatic rings. The normalized spacial score (nSPS) is 10.2. The Morgan fingerprint density at radius 1 is 1.67 bits per heavy atom. The van der Waals surface area contributed by atoms with Gasteiger partial charge >= 0.3 is 6.09 Å². The molecule has 2 aromatic heterocycles. The van der Waals surface area contributed by atoms with Crippen molar-refractivity contribution in [3.63, 3.8) is 0 Å². The molecule has 0 saturated carbocycles. The first kappa shape index (κ1) is 9.45. The fourth-order valence-corrected chi connectivity index (χ4v) is 1.17. The third-order valence-corrected chi connectivity index (χ3v) is 1.75. The smallest absolute Gasteiger partial charge is 0.413 e. The van der Waals surface area contributed by atoms with Crippen molar-refractivity contribution >= 4 is 23.2 Å². The number of imidazole rings is 1. The topological polar surface area (TPSA) is 79.9 Å². The van der Waals surface area contributed by atoms with Crippen LogP contribution in [0.1, 0.15) is 6.92 Å². The average Bonchev–Trinajstić information content (AvgIpc) is 2.59. The minimum atomic E-state index is -0.531. The van der Waals surface area contributed by atoms with E-state index >= 15 is 0 Å². The fourth-order valence-electron chi connectivity index (χ4n) is 1.17. The van der Waals surface area contributed by atoms with Gasteiger partial charge in [0, 0.05) is 6.20 Å². The van der Waals surface area contributed by atoms with Crippen molar-refractivity contribution in [3.8, 4) is 0 Å². The number of aromatic nitrogens is 3. The number of ether oxygens (including phenoxy) is 1. The molecule has 78 valence electrons. The highest BCUT2D eigenvalue weighted by Gasteiger charge is 2.06. The number of hydrogen-bond donors (Lipinski definition) is 2. The molecule has 6 nitrogen and oxygen atoms in total. The molecule has 0 saturated heterocycles. The summed E-state index contributed by atoms with van der Waals surface area (Å²) in [5.74, 6) is 0.335. The molecule has 0 aromatic carbocycles. The van der Waals surface area contributed by atoms with Crippen molar-refractivity contribution in [2.75, 3.05) is 11.9 Å². The minimum absolute atomic E-state index is 0.324. The van der Waals surface area contributed by atoms with E-state index in [2.05, 4.69) is 20.3 Å². The molecule has 2 rings (SSSR count). The molecule has 0 aliphatic heterocycles. The van der Waals surface area contributed by atoms with Gasteiger partial charge < -0.3 is 9.72 Å². The number of nitrogens with zero attached hydrogens (tertiary/aromatic N) is 2. The number of pyridine rings is 1. The van der Waals surface area contributed by atoms with Crippen molar-refractivity contribution in [2.45, 2.75) is 6.92 Å². The number of fused-ring (bicyclic) bond motifs is 1. The Hall–Kier alpha value is -2.11. The lowest BCUT2D eigenvalue weighted by Crippen LogP contribution is -2.14. The Bertz CT molecular complexity index is 447. The number of hydrogen-bond acceptors (Lipinski definition) is 4. The molecule has 0 atom stereocenters. The van der Waals surface area contributed by atoms with Gasteiger partial charge in [0.25, 0.3) is 0 Å². The average molecular weight is 206 g/mol. The van der Waals surface area contributed by atoms with E-state index in [1.54, 1.807) is 19.2 Å². The number of amides is 1. The Morgan fingerprint density at radius 2 is 2.53 bits per heavy atom. The summed E-state index contributed by atoms with van der Waals surface area (Å²) in [5.41, 5.74) is 1.33. The highest BCUT2D eigenvalue weighted by Crippen LogP contribution is 2.10. The molecule has 0 spiro atoms. The van der Waals surface area contributed by atoms with Crippen molar-refractivity contribution in [1.29, 1.82) is 0 Å². The molecule has 2 aromatic rings. The van der Waals surface area contributed by atoms with Crippen LogP contribution in [0.25, 0.3) is 11.2 Å². The first-order valence-corrected chi connectivity index (χ1v) is 4.54. The molecule has 1 amide bonds. The summed E-state index contributed by atoms with van der Waals surface area (Å²) in [5, 5.41) is 2.46. The minimum Gasteiger partial charge on any atom is -0.450 e. The number of nitrogens with one attached hydrogen (secondary N) is 2. The Labute approximate surface area is 85.7 Å². The van der Waals surface area contributed by atoms with E-state index in [0.29, 0.717) is 18.2 Å². The predicted octanol–water partition coefficient (Wildman–Crippen LogP) is 1.53. The van der Waals surface area contributed by atoms with Crippen LogP contribution in [0.4, 0.5) is 10.7 Å². The second-order valence-electron chi connectivity index (χ2n) is 2.81. The number of aromatic amines is 1. The Morgan fingerprint density at radius 3 is 3.27 bits per heavy atom. The lowest BCUT2D eigenvalue weighted by molar-refractivity contribution is 0.167. The fraction of sp³-hybridized carbons (Fsp3) is 0.222. The summed E-state index contributed by atoms with van der Waals surface area (Å²) in [6.45, 7) is 2.06. The zero-order valence-electron chi connectivity index (χ0n) is 8.15. The van der Waals surface area contributed by atoms with Crippen molar-refractivity contribution in [1.82, 2.24) is 15.0 Å². The Balaban J connectivity index is 2.18. The summed E-state index contributed by atoms with van der Waals surface area (Å²) in [6, 6.07) is 3.61. The molecular weight excluding hydrogens is 196 g/mol. The number of H-pyrrole nitrogens is 1. The second-order valence-corrected chi connectivity index (χ2v) is 2.81. The van der Waals surface area contributed by atoms with E-state index in [4.69, 9.17) is 4.74 Å². The monoisotopic (exact) mass is 206 g/mol. The van der Waals surface area contributed by atoms with Crippen LogP contribution in [-0.2, 0) is 4.74 Å². The van der Waals surface area contributed by atoms with Gasteiger partial charge in [0.2, 0.25) is 5.95 Å². The zero-order chi connectivity index (χ0) is 10.7. The van der Waals surface area contributed by atoms with Gasteiger partial charge in [-0.1, -0.05) is 0 Å². The standard InChI is InChI=1S/C9H10N4O2/c1-2-15-9(14)13-8-11-6-4-3-5-10-7(6)12-8/h3-5H,2H2,1H3,(H2,10,11,12,13,14). The quantitative estimate of drug-likeness (QED) is 0.780. The van der Waals surface area contributed by atoms with E-state index in [1.807, 2.05) is 6.07 Å². The maximum atomic E-state index is 11.1. The molecule has 15 heavy (non-hydrogen) atoms. The molecule has 0 bridgehead atoms. The number of anilines is 1. The van der Waals surface area contributed by atoms with Crippen LogP contribution in [0, 0.1) is 0 Å². The van der Waals surface area contributed by atoms with Crippen LogP contribution >= 0.6 is 0 Å². The summed E-state index contributed by atoms with van der Waals surface area (Å²) in [7, 11) is 0. The highest BCUT2D eigenvalue weighted by atomic mass is 16.5. The van der Waals surface area contributed by atoms with Crippen molar-refractivity contribution < 1.29 is 9.53 Å². The Kier molecular flexibility index (Phi) is 2.49. The highest BCUT2D eigenvalue weighted by molar-refractivity contribution is 5.85. The molecular formula is C9H10N4O2. The summed E-state index contributed by atoms with van der Waals surface area (Å²) in [4.78, 5) is 22.1. The van der Waals surface area contributed by atoms with Crippen LogP contribution in [-0.4, -0.2) is 27.7 Å². The zero-order valence-corrected chi connectivity index (χ0v) is 8.15. The largest absolute Gasteiger partial charge is 0.450 e. The summed E-state index contributed by atoms with van der Waals surface area (Å²) in [6.07, 6.45) is 1.11. The third-order valence-electron chi connectivity index (χ3n) is 1.75. The second kappa shape index (κ2) is 3.95. The van der Waals surface area contributed by atoms with Gasteiger partial charge in [-0.25, -0.2) is 9.78 Å². The van der Waals surface area contributed by atoms with Crippen molar-refractivity contribution in [2.24, 2.45) is 0 Å². The van der Waals surface area contributed by atoms with E-state index in [-0.39, 0.29) is 0 Å². The first-order valence-electron chi connectivity index (χ1n) is 4.54. The van der Waals surface area contributed by atoms with E-state index in [9.17, 15) is 4.79 Å². The number of carbonyl (C=O) groups is 1. The van der Waals surface area contributed by atoms with Crippen molar-refractivity contribution in [3.05, 3.63) is 18.3 Å². The van der Waals surface area contributed by atoms with Crippen LogP contribution in [0.3, 0.4) is 0 Å². The lowest BCUT2D eigenvalue weighted by Gasteiger charge is -2.00. The van der Waals surface area contributed by atoms with E-state index in [0.717, 1.165) is 5.52 Å². The molecule has 0 unspecified atom stereocenters. The van der Waals surface area contributed by atoms with Crippen LogP contribution in [0.15, 0.2) is 18.3 Å². The maximum absolute atomic E-state index is 11.1. The molecule has 0 radical (unpaired) electrons. The summed E-state index contributed by atoms with van der Waals surface area (Å²) < 4.78 is 4.71. The predicted molar refractivity (Wildman–Crippen MR) is 54.5 cm³/mol. The molecule has 6 heteroatoms. The molecule has 0 fully saturated rings. The SMILES string of the molecule is CCOC(=O)Nc1nc2ncccc2[nH]1. The van der Waals surface area contributed by atoms with Gasteiger partial charge in [-0.05, 0) is 19.1 Å². The first-order chi connectivity index (χ1) is 7.29. The van der Waals surface area contributed by atoms with Gasteiger partial charge in [-0.15, -0.1) is 0 Å². The van der Waals surface area contributed by atoms with E-state index < -0.39 is 6.09 Å². The van der Waals surface area contributed by atoms with Crippen LogP contribution < -0.4 is 5.32 Å². The number of carbonyl (C=O) groups excluding carboxylic acids is 1. The van der Waals surface area contributed by atoms with Gasteiger partial charge in [0.1, 0.15) is 0 Å².